The van der Waals surface area contributed by atoms with E-state index >= 15 is 0 Å². The van der Waals surface area contributed by atoms with Gasteiger partial charge >= 0.3 is 5.97 Å². The summed E-state index contributed by atoms with van der Waals surface area (Å²) < 4.78 is 29.4. The number of amides is 1. The number of carbonyl (C=O) groups is 2. The first-order valence-electron chi connectivity index (χ1n) is 16.3. The van der Waals surface area contributed by atoms with Crippen molar-refractivity contribution in [3.05, 3.63) is 23.5 Å². The maximum absolute atomic E-state index is 13.1. The molecule has 1 aromatic heterocycles. The van der Waals surface area contributed by atoms with Crippen molar-refractivity contribution in [2.24, 2.45) is 11.3 Å². The fraction of sp³-hybridized carbons (Fsp3) is 0.697. The molecule has 3 heterocycles. The van der Waals surface area contributed by atoms with Crippen LogP contribution in [0.2, 0.25) is 0 Å². The molecule has 3 fully saturated rings. The number of hydrogen-bond acceptors (Lipinski definition) is 12. The number of carbonyl (C=O) groups excluding carboxylic acids is 2. The van der Waals surface area contributed by atoms with Crippen molar-refractivity contribution in [1.29, 1.82) is 0 Å². The van der Waals surface area contributed by atoms with Crippen molar-refractivity contribution in [2.75, 3.05) is 19.8 Å². The van der Waals surface area contributed by atoms with Crippen molar-refractivity contribution in [3.8, 4) is 11.5 Å². The first kappa shape index (κ1) is 34.4. The molecule has 6 atom stereocenters. The smallest absolute Gasteiger partial charge is 0.306 e. The lowest BCUT2D eigenvalue weighted by Gasteiger charge is -2.41. The standard InChI is InChI=1S/C33H47NO12/c1-4-42-22(35)10-9-18-14-19-20(21-15-34-32(41)33(21)11-5-6-12-33)16-44-27(19)29(43-13-7-8-17(2)3)26(18)45-31-25(38)23(36)24(37)28(46-31)30(39)40/h14,16-17,21,23-25,28,30-31,36-40H,4-13,15H2,1-3H3,(H,34,41)/t21-,23+,24+,25-,28+,31-/m1/s1. The molecule has 3 aliphatic rings. The number of ether oxygens (including phenoxy) is 4. The van der Waals surface area contributed by atoms with Gasteiger partial charge in [-0.25, -0.2) is 0 Å². The van der Waals surface area contributed by atoms with Gasteiger partial charge in [0.25, 0.3) is 0 Å². The van der Waals surface area contributed by atoms with Gasteiger partial charge in [-0.05, 0) is 56.6 Å². The van der Waals surface area contributed by atoms with Crippen molar-refractivity contribution >= 4 is 22.8 Å². The number of aliphatic hydroxyl groups excluding tert-OH is 4. The van der Waals surface area contributed by atoms with Gasteiger partial charge in [-0.1, -0.05) is 26.7 Å². The zero-order chi connectivity index (χ0) is 33.2. The Balaban J connectivity index is 1.61. The van der Waals surface area contributed by atoms with Crippen molar-refractivity contribution in [1.82, 2.24) is 5.32 Å². The van der Waals surface area contributed by atoms with Crippen molar-refractivity contribution in [2.45, 2.75) is 115 Å². The third kappa shape index (κ3) is 6.71. The quantitative estimate of drug-likeness (QED) is 0.105. The Morgan fingerprint density at radius 1 is 1.11 bits per heavy atom. The predicted molar refractivity (Wildman–Crippen MR) is 163 cm³/mol. The Hall–Kier alpha value is -2.94. The van der Waals surface area contributed by atoms with E-state index in [-0.39, 0.29) is 49.4 Å². The zero-order valence-electron chi connectivity index (χ0n) is 26.6. The maximum atomic E-state index is 13.1. The minimum absolute atomic E-state index is 0.0174. The molecule has 0 unspecified atom stereocenters. The summed E-state index contributed by atoms with van der Waals surface area (Å²) >= 11 is 0. The number of esters is 1. The Labute approximate surface area is 267 Å². The van der Waals surface area contributed by atoms with E-state index in [9.17, 15) is 35.1 Å². The van der Waals surface area contributed by atoms with Crippen LogP contribution in [0.1, 0.15) is 82.8 Å². The van der Waals surface area contributed by atoms with Crippen LogP contribution in [-0.2, 0) is 25.5 Å². The van der Waals surface area contributed by atoms with Gasteiger partial charge in [-0.2, -0.15) is 0 Å². The van der Waals surface area contributed by atoms with Gasteiger partial charge in [0.2, 0.25) is 17.9 Å². The Morgan fingerprint density at radius 3 is 2.52 bits per heavy atom. The van der Waals surface area contributed by atoms with E-state index in [1.807, 2.05) is 6.07 Å². The maximum Gasteiger partial charge on any atom is 0.306 e. The number of furan rings is 1. The molecule has 2 aliphatic heterocycles. The SMILES string of the molecule is CCOC(=O)CCc1cc2c([C@H]3CNC(=O)C34CCCC4)coc2c(OCCCC(C)C)c1O[C@@H]1O[C@H](C(O)O)[C@@H](O)[C@H](O)[C@H]1O. The molecular formula is C33H47NO12. The van der Waals surface area contributed by atoms with Crippen LogP contribution in [0, 0.1) is 11.3 Å². The molecule has 0 radical (unpaired) electrons. The molecule has 1 spiro atoms. The van der Waals surface area contributed by atoms with Crippen LogP contribution in [0.5, 0.6) is 11.5 Å². The summed E-state index contributed by atoms with van der Waals surface area (Å²) in [4.78, 5) is 25.6. The minimum atomic E-state index is -2.18. The van der Waals surface area contributed by atoms with E-state index in [0.717, 1.165) is 37.7 Å². The first-order chi connectivity index (χ1) is 22.0. The van der Waals surface area contributed by atoms with E-state index in [4.69, 9.17) is 23.4 Å². The van der Waals surface area contributed by atoms with E-state index in [1.54, 1.807) is 13.2 Å². The normalized spacial score (nSPS) is 27.6. The Kier molecular flexibility index (Phi) is 10.8. The summed E-state index contributed by atoms with van der Waals surface area (Å²) in [6.07, 6.45) is -4.13. The van der Waals surface area contributed by atoms with Crippen LogP contribution in [0.25, 0.3) is 11.0 Å². The van der Waals surface area contributed by atoms with Crippen LogP contribution in [-0.4, -0.2) is 94.2 Å². The van der Waals surface area contributed by atoms with Gasteiger partial charge in [0.1, 0.15) is 24.4 Å². The highest BCUT2D eigenvalue weighted by Crippen LogP contribution is 2.54. The summed E-state index contributed by atoms with van der Waals surface area (Å²) in [5.74, 6) is 0.141. The molecule has 13 nitrogen and oxygen atoms in total. The van der Waals surface area contributed by atoms with Gasteiger partial charge in [0.05, 0.1) is 24.9 Å². The van der Waals surface area contributed by atoms with E-state index in [0.29, 0.717) is 35.4 Å². The first-order valence-corrected chi connectivity index (χ1v) is 16.3. The van der Waals surface area contributed by atoms with Crippen molar-refractivity contribution in [3.63, 3.8) is 0 Å². The summed E-state index contributed by atoms with van der Waals surface area (Å²) in [5, 5.41) is 54.9. The molecule has 6 N–H and O–H groups in total. The average molecular weight is 650 g/mol. The number of aliphatic hydroxyl groups is 5. The molecular weight excluding hydrogens is 602 g/mol. The summed E-state index contributed by atoms with van der Waals surface area (Å²) in [6, 6.07) is 1.81. The van der Waals surface area contributed by atoms with Crippen LogP contribution < -0.4 is 14.8 Å². The molecule has 2 saturated heterocycles. The average Bonchev–Trinajstić information content (AvgIpc) is 3.75. The van der Waals surface area contributed by atoms with Crippen molar-refractivity contribution < 1.29 is 58.5 Å². The molecule has 5 rings (SSSR count). The Morgan fingerprint density at radius 2 is 1.85 bits per heavy atom. The van der Waals surface area contributed by atoms with Gasteiger partial charge in [0.15, 0.2) is 17.6 Å². The lowest BCUT2D eigenvalue weighted by atomic mass is 9.72. The van der Waals surface area contributed by atoms with E-state index in [1.165, 1.54) is 0 Å². The molecule has 256 valence electrons. The van der Waals surface area contributed by atoms with Gasteiger partial charge in [-0.15, -0.1) is 0 Å². The second-order valence-corrected chi connectivity index (χ2v) is 13.0. The molecule has 2 aromatic rings. The highest BCUT2D eigenvalue weighted by Gasteiger charge is 2.53. The largest absolute Gasteiger partial charge is 0.486 e. The fourth-order valence-corrected chi connectivity index (χ4v) is 7.09. The monoisotopic (exact) mass is 649 g/mol. The Bertz CT molecular complexity index is 1370. The van der Waals surface area contributed by atoms with E-state index < -0.39 is 48.4 Å². The second kappa shape index (κ2) is 14.4. The molecule has 1 aromatic carbocycles. The fourth-order valence-electron chi connectivity index (χ4n) is 7.09. The zero-order valence-corrected chi connectivity index (χ0v) is 26.6. The topological polar surface area (TPSA) is 197 Å². The van der Waals surface area contributed by atoms with Crippen LogP contribution in [0.15, 0.2) is 16.7 Å². The number of aryl methyl sites for hydroxylation is 1. The lowest BCUT2D eigenvalue weighted by Crippen LogP contribution is -2.62. The number of hydrogen-bond donors (Lipinski definition) is 6. The van der Waals surface area contributed by atoms with E-state index in [2.05, 4.69) is 19.2 Å². The molecule has 0 bridgehead atoms. The molecule has 46 heavy (non-hydrogen) atoms. The summed E-state index contributed by atoms with van der Waals surface area (Å²) in [5.41, 5.74) is 1.12. The summed E-state index contributed by atoms with van der Waals surface area (Å²) in [7, 11) is 0. The summed E-state index contributed by atoms with van der Waals surface area (Å²) in [6.45, 7) is 6.86. The molecule has 13 heteroatoms. The third-order valence-electron chi connectivity index (χ3n) is 9.55. The van der Waals surface area contributed by atoms with Crippen LogP contribution in [0.4, 0.5) is 0 Å². The van der Waals surface area contributed by atoms with Gasteiger partial charge < -0.3 is 54.2 Å². The second-order valence-electron chi connectivity index (χ2n) is 13.0. The highest BCUT2D eigenvalue weighted by molar-refractivity contribution is 5.93. The molecule has 1 amide bonds. The van der Waals surface area contributed by atoms with Gasteiger partial charge in [0, 0.05) is 29.8 Å². The number of benzene rings is 1. The number of rotatable bonds is 13. The number of nitrogens with one attached hydrogen (secondary N) is 1. The molecule has 1 saturated carbocycles. The van der Waals surface area contributed by atoms with Crippen LogP contribution in [0.3, 0.4) is 0 Å². The highest BCUT2D eigenvalue weighted by atomic mass is 16.7. The third-order valence-corrected chi connectivity index (χ3v) is 9.55. The predicted octanol–water partition coefficient (Wildman–Crippen LogP) is 2.01. The van der Waals surface area contributed by atoms with Crippen LogP contribution >= 0.6 is 0 Å². The minimum Gasteiger partial charge on any atom is -0.486 e. The molecule has 1 aliphatic carbocycles. The number of fused-ring (bicyclic) bond motifs is 1. The van der Waals surface area contributed by atoms with Gasteiger partial charge in [-0.3, -0.25) is 9.59 Å². The lowest BCUT2D eigenvalue weighted by molar-refractivity contribution is -0.310.